The van der Waals surface area contributed by atoms with E-state index in [4.69, 9.17) is 0 Å². The highest BCUT2D eigenvalue weighted by atomic mass is 16.3. The van der Waals surface area contributed by atoms with Crippen molar-refractivity contribution >= 4 is 10.9 Å². The monoisotopic (exact) mass is 203 g/mol. The fraction of sp³-hybridized carbons (Fsp3) is 0.385. The van der Waals surface area contributed by atoms with Gasteiger partial charge >= 0.3 is 0 Å². The third-order valence-electron chi connectivity index (χ3n) is 2.86. The molecule has 0 aliphatic heterocycles. The van der Waals surface area contributed by atoms with Gasteiger partial charge in [0.05, 0.1) is 11.1 Å². The van der Waals surface area contributed by atoms with Gasteiger partial charge in [0.1, 0.15) is 0 Å². The molecule has 0 saturated heterocycles. The normalized spacial score (nSPS) is 12.3. The third kappa shape index (κ3) is 1.55. The zero-order valence-electron chi connectivity index (χ0n) is 9.70. The van der Waals surface area contributed by atoms with Crippen molar-refractivity contribution in [3.05, 3.63) is 35.5 Å². The van der Waals surface area contributed by atoms with E-state index in [1.165, 1.54) is 11.1 Å². The fourth-order valence-electron chi connectivity index (χ4n) is 2.16. The van der Waals surface area contributed by atoms with E-state index < -0.39 is 5.60 Å². The molecule has 0 aliphatic carbocycles. The highest BCUT2D eigenvalue weighted by Crippen LogP contribution is 2.31. The SMILES string of the molecule is Cc1cccc2c(C(C)(C)O)cn(C)c12. The van der Waals surface area contributed by atoms with E-state index in [2.05, 4.69) is 23.6 Å². The van der Waals surface area contributed by atoms with Crippen molar-refractivity contribution in [3.8, 4) is 0 Å². The summed E-state index contributed by atoms with van der Waals surface area (Å²) in [6, 6.07) is 6.19. The van der Waals surface area contributed by atoms with Gasteiger partial charge in [-0.15, -0.1) is 0 Å². The minimum Gasteiger partial charge on any atom is -0.386 e. The highest BCUT2D eigenvalue weighted by molar-refractivity contribution is 5.87. The van der Waals surface area contributed by atoms with Gasteiger partial charge in [-0.25, -0.2) is 0 Å². The molecule has 2 heteroatoms. The van der Waals surface area contributed by atoms with Gasteiger partial charge < -0.3 is 9.67 Å². The summed E-state index contributed by atoms with van der Waals surface area (Å²) in [6.45, 7) is 5.74. The van der Waals surface area contributed by atoms with Crippen LogP contribution in [0.3, 0.4) is 0 Å². The predicted molar refractivity (Wildman–Crippen MR) is 62.9 cm³/mol. The molecule has 0 amide bonds. The molecule has 0 spiro atoms. The molecular weight excluding hydrogens is 186 g/mol. The van der Waals surface area contributed by atoms with Crippen molar-refractivity contribution in [2.45, 2.75) is 26.4 Å². The van der Waals surface area contributed by atoms with Crippen molar-refractivity contribution in [2.75, 3.05) is 0 Å². The van der Waals surface area contributed by atoms with Crippen LogP contribution in [0.25, 0.3) is 10.9 Å². The van der Waals surface area contributed by atoms with Crippen LogP contribution in [0.15, 0.2) is 24.4 Å². The van der Waals surface area contributed by atoms with Gasteiger partial charge in [0.25, 0.3) is 0 Å². The number of benzene rings is 1. The molecular formula is C13H17NO. The van der Waals surface area contributed by atoms with E-state index in [1.54, 1.807) is 0 Å². The maximum atomic E-state index is 10.1. The number of aryl methyl sites for hydroxylation is 2. The summed E-state index contributed by atoms with van der Waals surface area (Å²) >= 11 is 0. The Morgan fingerprint density at radius 1 is 1.27 bits per heavy atom. The van der Waals surface area contributed by atoms with Crippen LogP contribution in [0.1, 0.15) is 25.0 Å². The number of rotatable bonds is 1. The van der Waals surface area contributed by atoms with Crippen LogP contribution in [0.2, 0.25) is 0 Å². The lowest BCUT2D eigenvalue weighted by molar-refractivity contribution is 0.0800. The molecule has 0 fully saturated rings. The van der Waals surface area contributed by atoms with Crippen molar-refractivity contribution in [1.29, 1.82) is 0 Å². The number of aliphatic hydroxyl groups is 1. The van der Waals surface area contributed by atoms with E-state index in [9.17, 15) is 5.11 Å². The number of hydrogen-bond donors (Lipinski definition) is 1. The van der Waals surface area contributed by atoms with Crippen LogP contribution in [0.5, 0.6) is 0 Å². The first-order valence-corrected chi connectivity index (χ1v) is 5.19. The number of nitrogens with zero attached hydrogens (tertiary/aromatic N) is 1. The Labute approximate surface area is 90.2 Å². The number of hydrogen-bond acceptors (Lipinski definition) is 1. The summed E-state index contributed by atoms with van der Waals surface area (Å²) in [5, 5.41) is 11.2. The molecule has 0 unspecified atom stereocenters. The maximum Gasteiger partial charge on any atom is 0.0861 e. The average Bonchev–Trinajstić information content (AvgIpc) is 2.44. The quantitative estimate of drug-likeness (QED) is 0.757. The molecule has 1 heterocycles. The number of aromatic nitrogens is 1. The first-order valence-electron chi connectivity index (χ1n) is 5.19. The molecule has 1 N–H and O–H groups in total. The van der Waals surface area contributed by atoms with E-state index in [0.717, 1.165) is 10.9 Å². The lowest BCUT2D eigenvalue weighted by Gasteiger charge is -2.16. The van der Waals surface area contributed by atoms with Gasteiger partial charge in [0.2, 0.25) is 0 Å². The Morgan fingerprint density at radius 3 is 2.53 bits per heavy atom. The molecule has 0 saturated carbocycles. The van der Waals surface area contributed by atoms with Crippen molar-refractivity contribution < 1.29 is 5.11 Å². The van der Waals surface area contributed by atoms with E-state index in [-0.39, 0.29) is 0 Å². The van der Waals surface area contributed by atoms with Crippen molar-refractivity contribution in [1.82, 2.24) is 4.57 Å². The summed E-state index contributed by atoms with van der Waals surface area (Å²) in [7, 11) is 2.02. The molecule has 1 aromatic heterocycles. The topological polar surface area (TPSA) is 25.2 Å². The Morgan fingerprint density at radius 2 is 1.93 bits per heavy atom. The average molecular weight is 203 g/mol. The minimum atomic E-state index is -0.784. The van der Waals surface area contributed by atoms with E-state index in [1.807, 2.05) is 33.2 Å². The van der Waals surface area contributed by atoms with Gasteiger partial charge in [-0.05, 0) is 26.3 Å². The van der Waals surface area contributed by atoms with Gasteiger partial charge in [0, 0.05) is 24.2 Å². The summed E-state index contributed by atoms with van der Waals surface area (Å²) in [5.74, 6) is 0. The fourth-order valence-corrected chi connectivity index (χ4v) is 2.16. The molecule has 0 bridgehead atoms. The first kappa shape index (κ1) is 10.2. The molecule has 0 aliphatic rings. The summed E-state index contributed by atoms with van der Waals surface area (Å²) in [5.41, 5.74) is 2.65. The van der Waals surface area contributed by atoms with Crippen LogP contribution in [-0.2, 0) is 12.6 Å². The third-order valence-corrected chi connectivity index (χ3v) is 2.86. The van der Waals surface area contributed by atoms with Gasteiger partial charge in [-0.1, -0.05) is 18.2 Å². The summed E-state index contributed by atoms with van der Waals surface area (Å²) < 4.78 is 2.08. The Balaban J connectivity index is 2.85. The Bertz CT molecular complexity index is 503. The molecule has 80 valence electrons. The summed E-state index contributed by atoms with van der Waals surface area (Å²) in [6.07, 6.45) is 2.01. The van der Waals surface area contributed by atoms with Crippen LogP contribution in [-0.4, -0.2) is 9.67 Å². The summed E-state index contributed by atoms with van der Waals surface area (Å²) in [4.78, 5) is 0. The second kappa shape index (κ2) is 3.11. The van der Waals surface area contributed by atoms with E-state index in [0.29, 0.717) is 0 Å². The molecule has 2 aromatic rings. The zero-order valence-corrected chi connectivity index (χ0v) is 9.70. The number of fused-ring (bicyclic) bond motifs is 1. The van der Waals surface area contributed by atoms with Crippen molar-refractivity contribution in [2.24, 2.45) is 7.05 Å². The molecule has 1 aromatic carbocycles. The standard InChI is InChI=1S/C13H17NO/c1-9-6-5-7-10-11(13(2,3)15)8-14(4)12(9)10/h5-8,15H,1-4H3. The maximum absolute atomic E-state index is 10.1. The van der Waals surface area contributed by atoms with Crippen LogP contribution >= 0.6 is 0 Å². The molecule has 0 atom stereocenters. The smallest absolute Gasteiger partial charge is 0.0861 e. The van der Waals surface area contributed by atoms with Crippen LogP contribution < -0.4 is 0 Å². The molecule has 2 rings (SSSR count). The van der Waals surface area contributed by atoms with Crippen molar-refractivity contribution in [3.63, 3.8) is 0 Å². The second-order valence-electron chi connectivity index (χ2n) is 4.68. The Hall–Kier alpha value is -1.28. The lowest BCUT2D eigenvalue weighted by Crippen LogP contribution is -2.14. The first-order chi connectivity index (χ1) is 6.91. The molecule has 15 heavy (non-hydrogen) atoms. The van der Waals surface area contributed by atoms with Gasteiger partial charge in [0.15, 0.2) is 0 Å². The molecule has 0 radical (unpaired) electrons. The Kier molecular flexibility index (Phi) is 2.12. The number of para-hydroxylation sites is 1. The van der Waals surface area contributed by atoms with Gasteiger partial charge in [-0.3, -0.25) is 0 Å². The lowest BCUT2D eigenvalue weighted by atomic mass is 9.97. The van der Waals surface area contributed by atoms with Crippen LogP contribution in [0, 0.1) is 6.92 Å². The largest absolute Gasteiger partial charge is 0.386 e. The van der Waals surface area contributed by atoms with Crippen LogP contribution in [0.4, 0.5) is 0 Å². The zero-order chi connectivity index (χ0) is 11.2. The van der Waals surface area contributed by atoms with Gasteiger partial charge in [-0.2, -0.15) is 0 Å². The molecule has 2 nitrogen and oxygen atoms in total. The highest BCUT2D eigenvalue weighted by Gasteiger charge is 2.21. The van der Waals surface area contributed by atoms with E-state index >= 15 is 0 Å². The second-order valence-corrected chi connectivity index (χ2v) is 4.68. The minimum absolute atomic E-state index is 0.784. The predicted octanol–water partition coefficient (Wildman–Crippen LogP) is 2.71.